The van der Waals surface area contributed by atoms with E-state index in [4.69, 9.17) is 0 Å². The van der Waals surface area contributed by atoms with E-state index in [0.717, 1.165) is 18.8 Å². The topological polar surface area (TPSA) is 23.5 Å². The van der Waals surface area contributed by atoms with E-state index in [0.29, 0.717) is 0 Å². The second kappa shape index (κ2) is 6.76. The van der Waals surface area contributed by atoms with Crippen molar-refractivity contribution in [3.05, 3.63) is 84.1 Å². The number of hydrogen-bond donors (Lipinski definition) is 1. The van der Waals surface area contributed by atoms with Gasteiger partial charge in [0.15, 0.2) is 0 Å². The van der Waals surface area contributed by atoms with Gasteiger partial charge in [-0.3, -0.25) is 0 Å². The summed E-state index contributed by atoms with van der Waals surface area (Å²) >= 11 is 0. The Kier molecular flexibility index (Phi) is 4.76. The molecule has 0 fully saturated rings. The molecule has 98 valence electrons. The summed E-state index contributed by atoms with van der Waals surface area (Å²) in [4.78, 5) is 2.10. The van der Waals surface area contributed by atoms with Crippen LogP contribution in [0.3, 0.4) is 0 Å². The number of aliphatic hydroxyl groups excluding tert-OH is 1. The summed E-state index contributed by atoms with van der Waals surface area (Å²) in [6, 6.07) is 20.5. The highest BCUT2D eigenvalue weighted by atomic mass is 16.3. The van der Waals surface area contributed by atoms with Crippen molar-refractivity contribution < 1.29 is 5.11 Å². The van der Waals surface area contributed by atoms with Gasteiger partial charge in [0.2, 0.25) is 0 Å². The SMILES string of the molecule is C=C(CO)N(Cc1ccccc1)Cc1ccccc1. The molecule has 2 aromatic rings. The highest BCUT2D eigenvalue weighted by Crippen LogP contribution is 2.14. The standard InChI is InChI=1S/C17H19NO/c1-15(14-19)18(12-16-8-4-2-5-9-16)13-17-10-6-3-7-11-17/h2-11,19H,1,12-14H2. The molecular formula is C17H19NO. The van der Waals surface area contributed by atoms with Crippen LogP contribution in [0, 0.1) is 0 Å². The first-order chi connectivity index (χ1) is 9.29. The molecule has 0 spiro atoms. The molecule has 0 bridgehead atoms. The molecule has 0 saturated heterocycles. The minimum Gasteiger partial charge on any atom is -0.390 e. The third-order valence-corrected chi connectivity index (χ3v) is 3.06. The molecule has 0 aliphatic heterocycles. The minimum absolute atomic E-state index is 0.0142. The minimum atomic E-state index is -0.0142. The van der Waals surface area contributed by atoms with E-state index in [2.05, 4.69) is 35.7 Å². The van der Waals surface area contributed by atoms with Crippen molar-refractivity contribution in [2.24, 2.45) is 0 Å². The zero-order valence-electron chi connectivity index (χ0n) is 11.0. The second-order valence-electron chi connectivity index (χ2n) is 4.55. The van der Waals surface area contributed by atoms with Crippen LogP contribution in [0.5, 0.6) is 0 Å². The fourth-order valence-corrected chi connectivity index (χ4v) is 1.99. The molecule has 0 heterocycles. The van der Waals surface area contributed by atoms with Crippen LogP contribution in [0.2, 0.25) is 0 Å². The maximum Gasteiger partial charge on any atom is 0.0823 e. The average molecular weight is 253 g/mol. The molecule has 1 N–H and O–H groups in total. The van der Waals surface area contributed by atoms with Gasteiger partial charge in [-0.15, -0.1) is 0 Å². The van der Waals surface area contributed by atoms with Gasteiger partial charge in [-0.1, -0.05) is 67.2 Å². The number of nitrogens with zero attached hydrogens (tertiary/aromatic N) is 1. The van der Waals surface area contributed by atoms with E-state index in [1.165, 1.54) is 11.1 Å². The number of rotatable bonds is 6. The predicted octanol–water partition coefficient (Wildman–Crippen LogP) is 3.19. The van der Waals surface area contributed by atoms with E-state index < -0.39 is 0 Å². The van der Waals surface area contributed by atoms with Crippen molar-refractivity contribution >= 4 is 0 Å². The summed E-state index contributed by atoms with van der Waals surface area (Å²) in [5.74, 6) is 0. The molecule has 2 nitrogen and oxygen atoms in total. The lowest BCUT2D eigenvalue weighted by molar-refractivity contribution is 0.243. The number of hydrogen-bond acceptors (Lipinski definition) is 2. The van der Waals surface area contributed by atoms with Gasteiger partial charge >= 0.3 is 0 Å². The Morgan fingerprint density at radius 3 is 1.63 bits per heavy atom. The lowest BCUT2D eigenvalue weighted by atomic mass is 10.1. The van der Waals surface area contributed by atoms with Crippen LogP contribution in [0.15, 0.2) is 72.9 Å². The third-order valence-electron chi connectivity index (χ3n) is 3.06. The highest BCUT2D eigenvalue weighted by Gasteiger charge is 2.08. The summed E-state index contributed by atoms with van der Waals surface area (Å²) in [5.41, 5.74) is 3.17. The third kappa shape index (κ3) is 3.97. The molecule has 2 rings (SSSR count). The largest absolute Gasteiger partial charge is 0.390 e. The second-order valence-corrected chi connectivity index (χ2v) is 4.55. The summed E-state index contributed by atoms with van der Waals surface area (Å²) < 4.78 is 0. The molecule has 2 heteroatoms. The van der Waals surface area contributed by atoms with Crippen LogP contribution in [-0.2, 0) is 13.1 Å². The number of benzene rings is 2. The van der Waals surface area contributed by atoms with E-state index in [1.54, 1.807) is 0 Å². The molecular weight excluding hydrogens is 234 g/mol. The number of aliphatic hydroxyl groups is 1. The zero-order valence-corrected chi connectivity index (χ0v) is 11.0. The van der Waals surface area contributed by atoms with Gasteiger partial charge in [0.25, 0.3) is 0 Å². The van der Waals surface area contributed by atoms with Crippen LogP contribution in [0.25, 0.3) is 0 Å². The lowest BCUT2D eigenvalue weighted by Crippen LogP contribution is -2.23. The van der Waals surface area contributed by atoms with Gasteiger partial charge in [-0.25, -0.2) is 0 Å². The molecule has 19 heavy (non-hydrogen) atoms. The molecule has 0 amide bonds. The summed E-state index contributed by atoms with van der Waals surface area (Å²) in [5, 5.41) is 9.32. The van der Waals surface area contributed by atoms with Gasteiger partial charge in [0.05, 0.1) is 6.61 Å². The maximum absolute atomic E-state index is 9.32. The van der Waals surface area contributed by atoms with Crippen LogP contribution in [0.4, 0.5) is 0 Å². The van der Waals surface area contributed by atoms with Crippen molar-refractivity contribution in [2.45, 2.75) is 13.1 Å². The Morgan fingerprint density at radius 1 is 0.842 bits per heavy atom. The summed E-state index contributed by atoms with van der Waals surface area (Å²) in [6.45, 7) is 5.45. The predicted molar refractivity (Wildman–Crippen MR) is 78.4 cm³/mol. The van der Waals surface area contributed by atoms with Gasteiger partial charge in [0.1, 0.15) is 0 Å². The normalized spacial score (nSPS) is 10.2. The smallest absolute Gasteiger partial charge is 0.0823 e. The first-order valence-corrected chi connectivity index (χ1v) is 6.41. The van der Waals surface area contributed by atoms with Crippen LogP contribution in [0.1, 0.15) is 11.1 Å². The first kappa shape index (κ1) is 13.4. The van der Waals surface area contributed by atoms with Gasteiger partial charge in [-0.2, -0.15) is 0 Å². The first-order valence-electron chi connectivity index (χ1n) is 6.41. The molecule has 0 aliphatic carbocycles. The van der Waals surface area contributed by atoms with E-state index >= 15 is 0 Å². The molecule has 2 aromatic carbocycles. The van der Waals surface area contributed by atoms with Crippen molar-refractivity contribution in [1.29, 1.82) is 0 Å². The summed E-state index contributed by atoms with van der Waals surface area (Å²) in [6.07, 6.45) is 0. The average Bonchev–Trinajstić information content (AvgIpc) is 2.48. The molecule has 0 aliphatic rings. The van der Waals surface area contributed by atoms with Crippen molar-refractivity contribution in [3.63, 3.8) is 0 Å². The van der Waals surface area contributed by atoms with E-state index in [-0.39, 0.29) is 6.61 Å². The molecule has 0 radical (unpaired) electrons. The quantitative estimate of drug-likeness (QED) is 0.854. The fraction of sp³-hybridized carbons (Fsp3) is 0.176. The lowest BCUT2D eigenvalue weighted by Gasteiger charge is -2.26. The van der Waals surface area contributed by atoms with E-state index in [9.17, 15) is 5.11 Å². The van der Waals surface area contributed by atoms with Gasteiger partial charge in [0, 0.05) is 18.8 Å². The van der Waals surface area contributed by atoms with Gasteiger partial charge in [-0.05, 0) is 11.1 Å². The Bertz CT molecular complexity index is 466. The highest BCUT2D eigenvalue weighted by molar-refractivity contribution is 5.18. The molecule has 0 unspecified atom stereocenters. The van der Waals surface area contributed by atoms with Crippen molar-refractivity contribution in [2.75, 3.05) is 6.61 Å². The zero-order chi connectivity index (χ0) is 13.5. The maximum atomic E-state index is 9.32. The van der Waals surface area contributed by atoms with Crippen LogP contribution in [-0.4, -0.2) is 16.6 Å². The van der Waals surface area contributed by atoms with Crippen molar-refractivity contribution in [3.8, 4) is 0 Å². The Hall–Kier alpha value is -2.06. The van der Waals surface area contributed by atoms with Crippen LogP contribution >= 0.6 is 0 Å². The van der Waals surface area contributed by atoms with E-state index in [1.807, 2.05) is 36.4 Å². The van der Waals surface area contributed by atoms with Crippen LogP contribution < -0.4 is 0 Å². The Labute approximate surface area is 114 Å². The van der Waals surface area contributed by atoms with Gasteiger partial charge < -0.3 is 10.0 Å². The molecule has 0 saturated carbocycles. The molecule has 0 aromatic heterocycles. The summed E-state index contributed by atoms with van der Waals surface area (Å²) in [7, 11) is 0. The fourth-order valence-electron chi connectivity index (χ4n) is 1.99. The molecule has 0 atom stereocenters. The Balaban J connectivity index is 2.10. The monoisotopic (exact) mass is 253 g/mol. The Morgan fingerprint density at radius 2 is 1.26 bits per heavy atom. The van der Waals surface area contributed by atoms with Crippen molar-refractivity contribution in [1.82, 2.24) is 4.90 Å².